The summed E-state index contributed by atoms with van der Waals surface area (Å²) in [6.07, 6.45) is 0. The summed E-state index contributed by atoms with van der Waals surface area (Å²) in [5, 5.41) is 0. The van der Waals surface area contributed by atoms with Gasteiger partial charge in [-0.2, -0.15) is 0 Å². The van der Waals surface area contributed by atoms with E-state index in [4.69, 9.17) is 4.74 Å². The van der Waals surface area contributed by atoms with Gasteiger partial charge in [0.15, 0.2) is 0 Å². The minimum Gasteiger partial charge on any atom is -0.497 e. The zero-order valence-electron chi connectivity index (χ0n) is 9.87. The van der Waals surface area contributed by atoms with Crippen molar-refractivity contribution in [2.75, 3.05) is 7.11 Å². The van der Waals surface area contributed by atoms with Crippen molar-refractivity contribution in [3.63, 3.8) is 0 Å². The number of rotatable bonds is 2. The van der Waals surface area contributed by atoms with Crippen LogP contribution in [-0.4, -0.2) is 7.11 Å². The van der Waals surface area contributed by atoms with Gasteiger partial charge in [0.1, 0.15) is 5.75 Å². The second-order valence-electron chi connectivity index (χ2n) is 3.96. The lowest BCUT2D eigenvalue weighted by atomic mass is 10.0. The highest BCUT2D eigenvalue weighted by Gasteiger charge is 2.00. The molecule has 0 bridgehead atoms. The lowest BCUT2D eigenvalue weighted by Gasteiger charge is -2.06. The Kier molecular flexibility index (Phi) is 2.95. The molecule has 0 saturated heterocycles. The molecule has 0 aromatic heterocycles. The number of aryl methyl sites for hydroxylation is 2. The summed E-state index contributed by atoms with van der Waals surface area (Å²) >= 11 is 0. The summed E-state index contributed by atoms with van der Waals surface area (Å²) in [5.74, 6) is 0.889. The van der Waals surface area contributed by atoms with E-state index in [2.05, 4.69) is 44.2 Å². The third-order valence-corrected chi connectivity index (χ3v) is 2.56. The molecule has 0 heterocycles. The van der Waals surface area contributed by atoms with Crippen LogP contribution < -0.4 is 4.74 Å². The summed E-state index contributed by atoms with van der Waals surface area (Å²) in [7, 11) is 1.68. The van der Waals surface area contributed by atoms with Crippen molar-refractivity contribution in [3.05, 3.63) is 53.6 Å². The van der Waals surface area contributed by atoms with Gasteiger partial charge in [0.05, 0.1) is 7.11 Å². The van der Waals surface area contributed by atoms with Crippen molar-refractivity contribution in [3.8, 4) is 16.9 Å². The van der Waals surface area contributed by atoms with Crippen molar-refractivity contribution in [1.82, 2.24) is 0 Å². The maximum atomic E-state index is 5.15. The molecule has 0 aliphatic carbocycles. The summed E-state index contributed by atoms with van der Waals surface area (Å²) in [6.45, 7) is 4.14. The van der Waals surface area contributed by atoms with E-state index >= 15 is 0 Å². The zero-order chi connectivity index (χ0) is 11.5. The molecule has 16 heavy (non-hydrogen) atoms. The first-order chi connectivity index (χ1) is 7.69. The van der Waals surface area contributed by atoms with Gasteiger partial charge >= 0.3 is 0 Å². The Bertz CT molecular complexity index is 463. The van der Waals surface area contributed by atoms with E-state index in [1.807, 2.05) is 12.1 Å². The Labute approximate surface area is 96.7 Å². The summed E-state index contributed by atoms with van der Waals surface area (Å²) in [4.78, 5) is 0. The van der Waals surface area contributed by atoms with Crippen LogP contribution >= 0.6 is 0 Å². The Morgan fingerprint density at radius 3 is 1.94 bits per heavy atom. The summed E-state index contributed by atoms with van der Waals surface area (Å²) in [6, 6.07) is 15.7. The third kappa shape index (κ3) is 2.25. The summed E-state index contributed by atoms with van der Waals surface area (Å²) < 4.78 is 5.15. The molecule has 2 rings (SSSR count). The fourth-order valence-corrected chi connectivity index (χ4v) is 1.84. The van der Waals surface area contributed by atoms with Gasteiger partial charge in [-0.05, 0) is 54.3 Å². The van der Waals surface area contributed by atoms with Crippen molar-refractivity contribution in [1.29, 1.82) is 0 Å². The van der Waals surface area contributed by atoms with Crippen LogP contribution in [0.25, 0.3) is 11.1 Å². The predicted octanol–water partition coefficient (Wildman–Crippen LogP) is 3.78. The van der Waals surface area contributed by atoms with Crippen LogP contribution in [-0.2, 0) is 0 Å². The van der Waals surface area contributed by atoms with Crippen molar-refractivity contribution in [2.24, 2.45) is 0 Å². The molecule has 0 aliphatic rings. The standard InChI is InChI=1S/C15H15O/c1-11-8-12(2)10-14(9-11)13-4-6-15(16-3)7-5-13/h4-7,9-10H,1-3H3. The van der Waals surface area contributed by atoms with Crippen LogP contribution in [0.3, 0.4) is 0 Å². The van der Waals surface area contributed by atoms with Crippen molar-refractivity contribution >= 4 is 0 Å². The number of benzene rings is 2. The molecular weight excluding hydrogens is 196 g/mol. The number of ether oxygens (including phenoxy) is 1. The highest BCUT2D eigenvalue weighted by molar-refractivity contribution is 5.65. The second-order valence-corrected chi connectivity index (χ2v) is 3.96. The predicted molar refractivity (Wildman–Crippen MR) is 66.7 cm³/mol. The Morgan fingerprint density at radius 1 is 0.875 bits per heavy atom. The molecule has 0 aliphatic heterocycles. The lowest BCUT2D eigenvalue weighted by molar-refractivity contribution is 0.415. The number of hydrogen-bond donors (Lipinski definition) is 0. The average molecular weight is 211 g/mol. The fraction of sp³-hybridized carbons (Fsp3) is 0.200. The molecule has 1 nitrogen and oxygen atoms in total. The molecule has 2 aromatic rings. The van der Waals surface area contributed by atoms with Crippen LogP contribution in [0.1, 0.15) is 11.1 Å². The Hall–Kier alpha value is -1.76. The number of methoxy groups -OCH3 is 1. The van der Waals surface area contributed by atoms with Gasteiger partial charge in [-0.3, -0.25) is 0 Å². The average Bonchev–Trinajstić information content (AvgIpc) is 2.28. The molecule has 0 amide bonds. The SMILES string of the molecule is COc1ccc(-c2cc(C)[c]c(C)c2)cc1. The minimum atomic E-state index is 0.889. The normalized spacial score (nSPS) is 10.2. The summed E-state index contributed by atoms with van der Waals surface area (Å²) in [5.41, 5.74) is 4.79. The van der Waals surface area contributed by atoms with Crippen LogP contribution in [0, 0.1) is 19.9 Å². The highest BCUT2D eigenvalue weighted by atomic mass is 16.5. The Morgan fingerprint density at radius 2 is 1.44 bits per heavy atom. The van der Waals surface area contributed by atoms with E-state index in [0.717, 1.165) is 5.75 Å². The van der Waals surface area contributed by atoms with Crippen molar-refractivity contribution in [2.45, 2.75) is 13.8 Å². The molecule has 0 atom stereocenters. The maximum Gasteiger partial charge on any atom is 0.118 e. The van der Waals surface area contributed by atoms with E-state index in [1.54, 1.807) is 7.11 Å². The topological polar surface area (TPSA) is 9.23 Å². The fourth-order valence-electron chi connectivity index (χ4n) is 1.84. The molecule has 2 aromatic carbocycles. The van der Waals surface area contributed by atoms with E-state index in [9.17, 15) is 0 Å². The molecule has 0 unspecified atom stereocenters. The smallest absolute Gasteiger partial charge is 0.118 e. The van der Waals surface area contributed by atoms with Gasteiger partial charge < -0.3 is 4.74 Å². The van der Waals surface area contributed by atoms with E-state index in [0.29, 0.717) is 0 Å². The van der Waals surface area contributed by atoms with E-state index in [-0.39, 0.29) is 0 Å². The van der Waals surface area contributed by atoms with Crippen LogP contribution in [0.5, 0.6) is 5.75 Å². The van der Waals surface area contributed by atoms with Gasteiger partial charge in [-0.25, -0.2) is 0 Å². The first-order valence-electron chi connectivity index (χ1n) is 5.34. The molecule has 0 spiro atoms. The first-order valence-corrected chi connectivity index (χ1v) is 5.34. The molecule has 81 valence electrons. The molecule has 1 radical (unpaired) electrons. The van der Waals surface area contributed by atoms with E-state index in [1.165, 1.54) is 22.3 Å². The maximum absolute atomic E-state index is 5.15. The van der Waals surface area contributed by atoms with E-state index < -0.39 is 0 Å². The Balaban J connectivity index is 2.42. The van der Waals surface area contributed by atoms with Gasteiger partial charge in [0, 0.05) is 0 Å². The zero-order valence-corrected chi connectivity index (χ0v) is 9.87. The molecule has 0 saturated carbocycles. The van der Waals surface area contributed by atoms with Gasteiger partial charge in [0.25, 0.3) is 0 Å². The van der Waals surface area contributed by atoms with Crippen LogP contribution in [0.2, 0.25) is 0 Å². The van der Waals surface area contributed by atoms with Crippen LogP contribution in [0.15, 0.2) is 36.4 Å². The quantitative estimate of drug-likeness (QED) is 0.734. The number of hydrogen-bond acceptors (Lipinski definition) is 1. The van der Waals surface area contributed by atoms with Gasteiger partial charge in [-0.15, -0.1) is 0 Å². The lowest BCUT2D eigenvalue weighted by Crippen LogP contribution is -1.85. The third-order valence-electron chi connectivity index (χ3n) is 2.56. The van der Waals surface area contributed by atoms with Gasteiger partial charge in [-0.1, -0.05) is 24.3 Å². The monoisotopic (exact) mass is 211 g/mol. The second kappa shape index (κ2) is 4.40. The molecule has 1 heteroatoms. The molecule has 0 fully saturated rings. The minimum absolute atomic E-state index is 0.889. The first kappa shape index (κ1) is 10.7. The van der Waals surface area contributed by atoms with Crippen LogP contribution in [0.4, 0.5) is 0 Å². The molecule has 0 N–H and O–H groups in total. The largest absolute Gasteiger partial charge is 0.497 e. The van der Waals surface area contributed by atoms with Crippen molar-refractivity contribution < 1.29 is 4.74 Å². The molecular formula is C15H15O. The highest BCUT2D eigenvalue weighted by Crippen LogP contribution is 2.24. The van der Waals surface area contributed by atoms with Gasteiger partial charge in [0.2, 0.25) is 0 Å².